The van der Waals surface area contributed by atoms with Gasteiger partial charge in [0.05, 0.1) is 24.1 Å². The molecule has 1 heterocycles. The van der Waals surface area contributed by atoms with Crippen LogP contribution in [-0.4, -0.2) is 54.6 Å². The standard InChI is InChI=1S/C15H22N4O4.ClH/c1-3-23-12-4-5-13(14(8-12)19(21)22)17-15(20)10-18-7-6-16-9-11(18)2;/h4-5,8,11,16H,3,6-7,9-10H2,1-2H3,(H,17,20);1H/t11-;/m0./s1. The Morgan fingerprint density at radius 2 is 2.29 bits per heavy atom. The first-order chi connectivity index (χ1) is 11.0. The highest BCUT2D eigenvalue weighted by molar-refractivity contribution is 5.94. The van der Waals surface area contributed by atoms with Gasteiger partial charge in [0, 0.05) is 25.7 Å². The summed E-state index contributed by atoms with van der Waals surface area (Å²) in [6.45, 7) is 6.92. The third-order valence-corrected chi connectivity index (χ3v) is 3.74. The number of nitrogens with zero attached hydrogens (tertiary/aromatic N) is 2. The average molecular weight is 359 g/mol. The van der Waals surface area contributed by atoms with Gasteiger partial charge in [-0.05, 0) is 26.0 Å². The van der Waals surface area contributed by atoms with Crippen molar-refractivity contribution in [2.75, 3.05) is 38.1 Å². The maximum absolute atomic E-state index is 12.2. The lowest BCUT2D eigenvalue weighted by atomic mass is 10.2. The summed E-state index contributed by atoms with van der Waals surface area (Å²) >= 11 is 0. The predicted molar refractivity (Wildman–Crippen MR) is 94.0 cm³/mol. The number of anilines is 1. The molecule has 1 aliphatic heterocycles. The van der Waals surface area contributed by atoms with Crippen molar-refractivity contribution in [2.45, 2.75) is 19.9 Å². The number of carbonyl (C=O) groups excluding carboxylic acids is 1. The number of hydrogen-bond acceptors (Lipinski definition) is 6. The van der Waals surface area contributed by atoms with Crippen molar-refractivity contribution in [3.8, 4) is 5.75 Å². The molecule has 0 radical (unpaired) electrons. The molecule has 2 rings (SSSR count). The number of piperazine rings is 1. The maximum Gasteiger partial charge on any atom is 0.296 e. The second-order valence-electron chi connectivity index (χ2n) is 5.44. The molecule has 8 nitrogen and oxygen atoms in total. The molecule has 1 amide bonds. The zero-order chi connectivity index (χ0) is 16.8. The summed E-state index contributed by atoms with van der Waals surface area (Å²) in [6, 6.07) is 4.69. The molecular formula is C15H23ClN4O4. The molecule has 0 spiro atoms. The SMILES string of the molecule is CCOc1ccc(NC(=O)CN2CCNC[C@@H]2C)c([N+](=O)[O-])c1.Cl. The van der Waals surface area contributed by atoms with Crippen LogP contribution in [0.15, 0.2) is 18.2 Å². The van der Waals surface area contributed by atoms with Crippen molar-refractivity contribution < 1.29 is 14.5 Å². The van der Waals surface area contributed by atoms with Crippen molar-refractivity contribution in [2.24, 2.45) is 0 Å². The molecular weight excluding hydrogens is 336 g/mol. The van der Waals surface area contributed by atoms with E-state index in [1.54, 1.807) is 13.0 Å². The molecule has 0 saturated carbocycles. The number of nitro benzene ring substituents is 1. The normalized spacial score (nSPS) is 17.7. The Bertz CT molecular complexity index is 585. The molecule has 134 valence electrons. The summed E-state index contributed by atoms with van der Waals surface area (Å²) in [5, 5.41) is 17.1. The molecule has 0 aromatic heterocycles. The number of benzene rings is 1. The highest BCUT2D eigenvalue weighted by Crippen LogP contribution is 2.29. The van der Waals surface area contributed by atoms with Crippen LogP contribution in [0.5, 0.6) is 5.75 Å². The second kappa shape index (κ2) is 9.41. The number of nitro groups is 1. The van der Waals surface area contributed by atoms with Crippen LogP contribution in [0.4, 0.5) is 11.4 Å². The number of halogens is 1. The van der Waals surface area contributed by atoms with E-state index in [1.807, 2.05) is 11.8 Å². The van der Waals surface area contributed by atoms with E-state index < -0.39 is 4.92 Å². The highest BCUT2D eigenvalue weighted by atomic mass is 35.5. The van der Waals surface area contributed by atoms with Gasteiger partial charge in [0.15, 0.2) is 0 Å². The molecule has 0 bridgehead atoms. The molecule has 1 aliphatic rings. The lowest BCUT2D eigenvalue weighted by molar-refractivity contribution is -0.384. The summed E-state index contributed by atoms with van der Waals surface area (Å²) < 4.78 is 5.26. The van der Waals surface area contributed by atoms with Gasteiger partial charge in [-0.15, -0.1) is 12.4 Å². The molecule has 2 N–H and O–H groups in total. The molecule has 1 saturated heterocycles. The van der Waals surface area contributed by atoms with Crippen LogP contribution in [0.3, 0.4) is 0 Å². The number of hydrogen-bond donors (Lipinski definition) is 2. The van der Waals surface area contributed by atoms with Gasteiger partial charge in [-0.1, -0.05) is 0 Å². The minimum atomic E-state index is -0.522. The predicted octanol–water partition coefficient (Wildman–Crippen LogP) is 1.65. The van der Waals surface area contributed by atoms with Crippen LogP contribution in [0.25, 0.3) is 0 Å². The Balaban J connectivity index is 0.00000288. The van der Waals surface area contributed by atoms with Gasteiger partial charge in [0.2, 0.25) is 5.91 Å². The second-order valence-corrected chi connectivity index (χ2v) is 5.44. The Hall–Kier alpha value is -1.90. The number of rotatable bonds is 6. The van der Waals surface area contributed by atoms with Gasteiger partial charge < -0.3 is 15.4 Å². The number of nitrogens with one attached hydrogen (secondary N) is 2. The van der Waals surface area contributed by atoms with Crippen molar-refractivity contribution >= 4 is 29.7 Å². The smallest absolute Gasteiger partial charge is 0.296 e. The summed E-state index contributed by atoms with van der Waals surface area (Å²) in [7, 11) is 0. The van der Waals surface area contributed by atoms with Crippen LogP contribution in [0.1, 0.15) is 13.8 Å². The van der Waals surface area contributed by atoms with Crippen molar-refractivity contribution in [3.05, 3.63) is 28.3 Å². The summed E-state index contributed by atoms with van der Waals surface area (Å²) in [6.07, 6.45) is 0. The number of amides is 1. The zero-order valence-electron chi connectivity index (χ0n) is 13.8. The van der Waals surface area contributed by atoms with E-state index in [0.29, 0.717) is 12.4 Å². The van der Waals surface area contributed by atoms with Gasteiger partial charge >= 0.3 is 0 Å². The Morgan fingerprint density at radius 3 is 2.92 bits per heavy atom. The fourth-order valence-corrected chi connectivity index (χ4v) is 2.52. The monoisotopic (exact) mass is 358 g/mol. The first-order valence-electron chi connectivity index (χ1n) is 7.67. The first-order valence-corrected chi connectivity index (χ1v) is 7.67. The van der Waals surface area contributed by atoms with Gasteiger partial charge in [-0.2, -0.15) is 0 Å². The van der Waals surface area contributed by atoms with E-state index >= 15 is 0 Å². The van der Waals surface area contributed by atoms with Gasteiger partial charge in [-0.3, -0.25) is 19.8 Å². The van der Waals surface area contributed by atoms with Crippen LogP contribution < -0.4 is 15.4 Å². The molecule has 1 aromatic carbocycles. The number of ether oxygens (including phenoxy) is 1. The van der Waals surface area contributed by atoms with E-state index in [2.05, 4.69) is 10.6 Å². The van der Waals surface area contributed by atoms with E-state index in [-0.39, 0.29) is 42.3 Å². The fraction of sp³-hybridized carbons (Fsp3) is 0.533. The molecule has 0 aliphatic carbocycles. The highest BCUT2D eigenvalue weighted by Gasteiger charge is 2.22. The van der Waals surface area contributed by atoms with Gasteiger partial charge in [0.25, 0.3) is 5.69 Å². The minimum Gasteiger partial charge on any atom is -0.494 e. The molecule has 1 fully saturated rings. The third kappa shape index (κ3) is 5.33. The van der Waals surface area contributed by atoms with E-state index in [0.717, 1.165) is 19.6 Å². The molecule has 0 unspecified atom stereocenters. The molecule has 24 heavy (non-hydrogen) atoms. The number of carbonyl (C=O) groups is 1. The molecule has 9 heteroatoms. The molecule has 1 atom stereocenters. The van der Waals surface area contributed by atoms with Crippen LogP contribution in [-0.2, 0) is 4.79 Å². The van der Waals surface area contributed by atoms with E-state index in [4.69, 9.17) is 4.74 Å². The van der Waals surface area contributed by atoms with E-state index in [1.165, 1.54) is 12.1 Å². The Kier molecular flexibility index (Phi) is 7.90. The lowest BCUT2D eigenvalue weighted by Gasteiger charge is -2.33. The van der Waals surface area contributed by atoms with E-state index in [9.17, 15) is 14.9 Å². The summed E-state index contributed by atoms with van der Waals surface area (Å²) in [4.78, 5) is 24.9. The van der Waals surface area contributed by atoms with Gasteiger partial charge in [0.1, 0.15) is 11.4 Å². The average Bonchev–Trinajstić information content (AvgIpc) is 2.51. The molecule has 1 aromatic rings. The van der Waals surface area contributed by atoms with Crippen molar-refractivity contribution in [3.63, 3.8) is 0 Å². The zero-order valence-corrected chi connectivity index (χ0v) is 14.6. The van der Waals surface area contributed by atoms with Crippen molar-refractivity contribution in [1.29, 1.82) is 0 Å². The van der Waals surface area contributed by atoms with Crippen molar-refractivity contribution in [1.82, 2.24) is 10.2 Å². The lowest BCUT2D eigenvalue weighted by Crippen LogP contribution is -2.52. The minimum absolute atomic E-state index is 0. The van der Waals surface area contributed by atoms with Crippen LogP contribution in [0.2, 0.25) is 0 Å². The topological polar surface area (TPSA) is 96.7 Å². The first kappa shape index (κ1) is 20.1. The van der Waals surface area contributed by atoms with Gasteiger partial charge in [-0.25, -0.2) is 0 Å². The Morgan fingerprint density at radius 1 is 1.54 bits per heavy atom. The quantitative estimate of drug-likeness (QED) is 0.593. The Labute approximate surface area is 147 Å². The van der Waals surface area contributed by atoms with Crippen LogP contribution >= 0.6 is 12.4 Å². The van der Waals surface area contributed by atoms with Crippen LogP contribution in [0, 0.1) is 10.1 Å². The largest absolute Gasteiger partial charge is 0.494 e. The fourth-order valence-electron chi connectivity index (χ4n) is 2.52. The third-order valence-electron chi connectivity index (χ3n) is 3.74. The summed E-state index contributed by atoms with van der Waals surface area (Å²) in [5.41, 5.74) is 0.0175. The summed E-state index contributed by atoms with van der Waals surface area (Å²) in [5.74, 6) is 0.152. The maximum atomic E-state index is 12.2.